The molecule has 0 bridgehead atoms. The molecule has 1 heterocycles. The molecule has 3 rings (SSSR count). The summed E-state index contributed by atoms with van der Waals surface area (Å²) in [5, 5.41) is 7.30. The Bertz CT molecular complexity index is 875. The predicted octanol–water partition coefficient (Wildman–Crippen LogP) is 3.44. The number of rotatable bonds is 8. The number of carbonyl (C=O) groups excluding carboxylic acids is 1. The Morgan fingerprint density at radius 3 is 2.64 bits per heavy atom. The molecule has 0 spiro atoms. The van der Waals surface area contributed by atoms with Gasteiger partial charge in [-0.1, -0.05) is 35.9 Å². The molecule has 0 atom stereocenters. The minimum absolute atomic E-state index is 0.108. The first-order valence-electron chi connectivity index (χ1n) is 9.39. The molecule has 0 saturated carbocycles. The first kappa shape index (κ1) is 19.5. The maximum Gasteiger partial charge on any atom is 0.317 e. The Hall–Kier alpha value is -3.28. The van der Waals surface area contributed by atoms with Crippen molar-refractivity contribution in [3.05, 3.63) is 78.1 Å². The number of para-hydroxylation sites is 1. The number of nitrogens with zero attached hydrogens (tertiary/aromatic N) is 3. The van der Waals surface area contributed by atoms with E-state index in [0.29, 0.717) is 19.7 Å². The third kappa shape index (κ3) is 5.61. The van der Waals surface area contributed by atoms with Crippen molar-refractivity contribution < 1.29 is 9.53 Å². The number of urea groups is 1. The van der Waals surface area contributed by atoms with Crippen molar-refractivity contribution in [2.75, 3.05) is 26.7 Å². The van der Waals surface area contributed by atoms with E-state index in [-0.39, 0.29) is 6.03 Å². The van der Waals surface area contributed by atoms with Crippen LogP contribution in [0.4, 0.5) is 4.79 Å². The normalized spacial score (nSPS) is 10.5. The van der Waals surface area contributed by atoms with Crippen molar-refractivity contribution in [3.8, 4) is 11.4 Å². The highest BCUT2D eigenvalue weighted by Gasteiger charge is 2.08. The summed E-state index contributed by atoms with van der Waals surface area (Å²) < 4.78 is 7.51. The Balaban J connectivity index is 1.37. The summed E-state index contributed by atoms with van der Waals surface area (Å²) in [5.41, 5.74) is 3.29. The van der Waals surface area contributed by atoms with Crippen LogP contribution in [0.15, 0.2) is 67.0 Å². The first-order valence-corrected chi connectivity index (χ1v) is 9.39. The standard InChI is InChI=1S/C22H26N4O2/c1-18-8-10-21(11-9-18)28-15-14-25(2)22(27)23-13-12-19-16-24-26(17-19)20-6-4-3-5-7-20/h3-11,16-17H,12-15H2,1-2H3,(H,23,27). The lowest BCUT2D eigenvalue weighted by Gasteiger charge is -2.18. The second-order valence-corrected chi connectivity index (χ2v) is 6.69. The number of ether oxygens (including phenoxy) is 1. The number of aryl methyl sites for hydroxylation is 1. The van der Waals surface area contributed by atoms with E-state index in [0.717, 1.165) is 23.4 Å². The average molecular weight is 378 g/mol. The number of hydrogen-bond donors (Lipinski definition) is 1. The van der Waals surface area contributed by atoms with Crippen LogP contribution >= 0.6 is 0 Å². The summed E-state index contributed by atoms with van der Waals surface area (Å²) in [5.74, 6) is 0.815. The molecule has 0 radical (unpaired) electrons. The lowest BCUT2D eigenvalue weighted by atomic mass is 10.2. The van der Waals surface area contributed by atoms with Crippen LogP contribution in [0.5, 0.6) is 5.75 Å². The quantitative estimate of drug-likeness (QED) is 0.653. The minimum Gasteiger partial charge on any atom is -0.492 e. The molecule has 2 aromatic carbocycles. The molecular formula is C22H26N4O2. The van der Waals surface area contributed by atoms with Gasteiger partial charge < -0.3 is 15.0 Å². The Kier molecular flexibility index (Phi) is 6.68. The maximum absolute atomic E-state index is 12.2. The molecule has 6 nitrogen and oxygen atoms in total. The molecule has 0 fully saturated rings. The number of likely N-dealkylation sites (N-methyl/N-ethyl adjacent to an activating group) is 1. The van der Waals surface area contributed by atoms with Crippen molar-refractivity contribution in [2.24, 2.45) is 0 Å². The monoisotopic (exact) mass is 378 g/mol. The SMILES string of the molecule is Cc1ccc(OCCN(C)C(=O)NCCc2cnn(-c3ccccc3)c2)cc1. The molecule has 1 N–H and O–H groups in total. The third-order valence-electron chi connectivity index (χ3n) is 4.41. The zero-order valence-electron chi connectivity index (χ0n) is 16.3. The van der Waals surface area contributed by atoms with Crippen LogP contribution in [-0.2, 0) is 6.42 Å². The number of nitrogens with one attached hydrogen (secondary N) is 1. The summed E-state index contributed by atoms with van der Waals surface area (Å²) in [6.07, 6.45) is 4.55. The van der Waals surface area contributed by atoms with E-state index in [1.54, 1.807) is 11.9 Å². The molecule has 2 amide bonds. The van der Waals surface area contributed by atoms with Crippen LogP contribution in [0.3, 0.4) is 0 Å². The summed E-state index contributed by atoms with van der Waals surface area (Å²) in [4.78, 5) is 13.8. The van der Waals surface area contributed by atoms with Gasteiger partial charge in [-0.15, -0.1) is 0 Å². The first-order chi connectivity index (χ1) is 13.6. The van der Waals surface area contributed by atoms with Gasteiger partial charge in [-0.05, 0) is 43.2 Å². The van der Waals surface area contributed by atoms with Crippen molar-refractivity contribution in [3.63, 3.8) is 0 Å². The van der Waals surface area contributed by atoms with E-state index in [1.165, 1.54) is 5.56 Å². The van der Waals surface area contributed by atoms with Crippen LogP contribution in [0, 0.1) is 6.92 Å². The van der Waals surface area contributed by atoms with Gasteiger partial charge in [0.05, 0.1) is 18.4 Å². The molecule has 1 aromatic heterocycles. The predicted molar refractivity (Wildman–Crippen MR) is 110 cm³/mol. The van der Waals surface area contributed by atoms with Gasteiger partial charge in [0.25, 0.3) is 0 Å². The second kappa shape index (κ2) is 9.60. The third-order valence-corrected chi connectivity index (χ3v) is 4.41. The zero-order chi connectivity index (χ0) is 19.8. The number of amides is 2. The van der Waals surface area contributed by atoms with E-state index in [1.807, 2.05) is 78.6 Å². The van der Waals surface area contributed by atoms with Gasteiger partial charge in [0, 0.05) is 19.8 Å². The Morgan fingerprint density at radius 2 is 1.89 bits per heavy atom. The fourth-order valence-electron chi connectivity index (χ4n) is 2.70. The number of aromatic nitrogens is 2. The Labute approximate surface area is 165 Å². The van der Waals surface area contributed by atoms with E-state index in [9.17, 15) is 4.79 Å². The minimum atomic E-state index is -0.108. The van der Waals surface area contributed by atoms with Crippen LogP contribution in [0.1, 0.15) is 11.1 Å². The van der Waals surface area contributed by atoms with Gasteiger partial charge in [0.2, 0.25) is 0 Å². The fraction of sp³-hybridized carbons (Fsp3) is 0.273. The lowest BCUT2D eigenvalue weighted by molar-refractivity contribution is 0.195. The van der Waals surface area contributed by atoms with Crippen LogP contribution < -0.4 is 10.1 Å². The highest BCUT2D eigenvalue weighted by Crippen LogP contribution is 2.11. The molecule has 3 aromatic rings. The maximum atomic E-state index is 12.2. The van der Waals surface area contributed by atoms with Gasteiger partial charge in [0.15, 0.2) is 0 Å². The molecule has 0 saturated heterocycles. The lowest BCUT2D eigenvalue weighted by Crippen LogP contribution is -2.40. The average Bonchev–Trinajstić information content (AvgIpc) is 3.19. The van der Waals surface area contributed by atoms with E-state index < -0.39 is 0 Å². The smallest absolute Gasteiger partial charge is 0.317 e. The van der Waals surface area contributed by atoms with E-state index in [4.69, 9.17) is 4.74 Å². The van der Waals surface area contributed by atoms with Crippen molar-refractivity contribution in [1.82, 2.24) is 20.0 Å². The summed E-state index contributed by atoms with van der Waals surface area (Å²) >= 11 is 0. The second-order valence-electron chi connectivity index (χ2n) is 6.69. The largest absolute Gasteiger partial charge is 0.492 e. The van der Waals surface area contributed by atoms with Gasteiger partial charge in [-0.2, -0.15) is 5.10 Å². The van der Waals surface area contributed by atoms with Gasteiger partial charge in [-0.25, -0.2) is 9.48 Å². The zero-order valence-corrected chi connectivity index (χ0v) is 16.3. The highest BCUT2D eigenvalue weighted by molar-refractivity contribution is 5.73. The van der Waals surface area contributed by atoms with Crippen molar-refractivity contribution in [2.45, 2.75) is 13.3 Å². The molecule has 146 valence electrons. The van der Waals surface area contributed by atoms with Crippen molar-refractivity contribution in [1.29, 1.82) is 0 Å². The van der Waals surface area contributed by atoms with Gasteiger partial charge in [0.1, 0.15) is 12.4 Å². The van der Waals surface area contributed by atoms with E-state index in [2.05, 4.69) is 10.4 Å². The molecule has 0 aliphatic rings. The summed E-state index contributed by atoms with van der Waals surface area (Å²) in [6, 6.07) is 17.7. The molecule has 0 unspecified atom stereocenters. The topological polar surface area (TPSA) is 59.4 Å². The van der Waals surface area contributed by atoms with Gasteiger partial charge >= 0.3 is 6.03 Å². The van der Waals surface area contributed by atoms with Gasteiger partial charge in [-0.3, -0.25) is 0 Å². The molecule has 0 aliphatic carbocycles. The highest BCUT2D eigenvalue weighted by atomic mass is 16.5. The molecular weight excluding hydrogens is 352 g/mol. The van der Waals surface area contributed by atoms with Crippen LogP contribution in [0.2, 0.25) is 0 Å². The summed E-state index contributed by atoms with van der Waals surface area (Å²) in [6.45, 7) is 3.57. The van der Waals surface area contributed by atoms with Crippen LogP contribution in [0.25, 0.3) is 5.69 Å². The fourth-order valence-corrected chi connectivity index (χ4v) is 2.70. The molecule has 0 aliphatic heterocycles. The molecule has 6 heteroatoms. The molecule has 28 heavy (non-hydrogen) atoms. The Morgan fingerprint density at radius 1 is 1.14 bits per heavy atom. The number of carbonyl (C=O) groups is 1. The summed E-state index contributed by atoms with van der Waals surface area (Å²) in [7, 11) is 1.77. The van der Waals surface area contributed by atoms with E-state index >= 15 is 0 Å². The van der Waals surface area contributed by atoms with Crippen molar-refractivity contribution >= 4 is 6.03 Å². The number of benzene rings is 2. The number of hydrogen-bond acceptors (Lipinski definition) is 3. The van der Waals surface area contributed by atoms with Crippen LogP contribution in [-0.4, -0.2) is 47.5 Å².